The molecule has 0 atom stereocenters. The largest absolute Gasteiger partial charge is 0.321 e. The van der Waals surface area contributed by atoms with Gasteiger partial charge in [-0.3, -0.25) is 9.69 Å². The second kappa shape index (κ2) is 6.85. The third-order valence-corrected chi connectivity index (χ3v) is 1.43. The number of carbonyl (C=O) groups is 1. The van der Waals surface area contributed by atoms with E-state index in [9.17, 15) is 4.79 Å². The molecule has 0 N–H and O–H groups in total. The Balaban J connectivity index is 4.13. The number of nitrogens with zero attached hydrogens (tertiary/aromatic N) is 1. The van der Waals surface area contributed by atoms with Crippen molar-refractivity contribution >= 4 is 17.9 Å². The number of hydrogen-bond donors (Lipinski definition) is 0. The summed E-state index contributed by atoms with van der Waals surface area (Å²) in [5, 5.41) is -0.371. The van der Waals surface area contributed by atoms with Gasteiger partial charge in [-0.2, -0.15) is 0 Å². The van der Waals surface area contributed by atoms with Gasteiger partial charge in [-0.25, -0.2) is 0 Å². The van der Waals surface area contributed by atoms with Gasteiger partial charge in [-0.05, 0) is 25.5 Å². The first-order valence-electron chi connectivity index (χ1n) is 4.05. The molecule has 67 valence electrons. The van der Waals surface area contributed by atoms with Crippen molar-refractivity contribution in [2.75, 3.05) is 0 Å². The molecule has 0 aromatic heterocycles. The highest BCUT2D eigenvalue weighted by atomic mass is 32.1. The Labute approximate surface area is 79.4 Å². The molecule has 3 heteroatoms. The van der Waals surface area contributed by atoms with Gasteiger partial charge in [0.05, 0.1) is 0 Å². The van der Waals surface area contributed by atoms with Crippen molar-refractivity contribution in [3.8, 4) is 0 Å². The minimum atomic E-state index is -0.371. The Hall–Kier alpha value is -0.830. The van der Waals surface area contributed by atoms with Crippen LogP contribution < -0.4 is 0 Å². The van der Waals surface area contributed by atoms with Crippen molar-refractivity contribution < 1.29 is 4.79 Å². The summed E-state index contributed by atoms with van der Waals surface area (Å²) in [5.41, 5.74) is 0. The summed E-state index contributed by atoms with van der Waals surface area (Å²) in [5.74, 6) is 0. The second-order valence-electron chi connectivity index (χ2n) is 2.26. The van der Waals surface area contributed by atoms with Gasteiger partial charge in [0.25, 0.3) is 0 Å². The summed E-state index contributed by atoms with van der Waals surface area (Å²) in [7, 11) is 0. The number of allylic oxidation sites excluding steroid dienone is 2. The normalized spacial score (nSPS) is 11.2. The van der Waals surface area contributed by atoms with Crippen molar-refractivity contribution in [3.63, 3.8) is 0 Å². The Kier molecular flexibility index (Phi) is 6.38. The monoisotopic (exact) mass is 184 g/mol. The van der Waals surface area contributed by atoms with Crippen LogP contribution >= 0.6 is 12.6 Å². The second-order valence-corrected chi connectivity index (χ2v) is 2.61. The molecule has 0 saturated heterocycles. The standard InChI is InChI=1S/C9H14NOS/c1-3-5-7-10(9(11)12)8-6-4-2/h5-8H,3-4H2,1-2H3. The van der Waals surface area contributed by atoms with E-state index >= 15 is 0 Å². The minimum absolute atomic E-state index is 0.371. The quantitative estimate of drug-likeness (QED) is 0.655. The summed E-state index contributed by atoms with van der Waals surface area (Å²) in [4.78, 5) is 12.2. The molecular weight excluding hydrogens is 170 g/mol. The van der Waals surface area contributed by atoms with Crippen LogP contribution in [0.25, 0.3) is 0 Å². The molecule has 0 heterocycles. The molecule has 0 rings (SSSR count). The van der Waals surface area contributed by atoms with Crippen molar-refractivity contribution in [1.82, 2.24) is 4.90 Å². The maximum absolute atomic E-state index is 10.8. The summed E-state index contributed by atoms with van der Waals surface area (Å²) in [6.07, 6.45) is 8.98. The van der Waals surface area contributed by atoms with Gasteiger partial charge in [0.2, 0.25) is 0 Å². The molecule has 0 spiro atoms. The fraction of sp³-hybridized carbons (Fsp3) is 0.444. The smallest absolute Gasteiger partial charge is 0.282 e. The number of rotatable bonds is 4. The molecule has 2 nitrogen and oxygen atoms in total. The van der Waals surface area contributed by atoms with Crippen molar-refractivity contribution in [2.24, 2.45) is 0 Å². The lowest BCUT2D eigenvalue weighted by Gasteiger charge is -2.07. The lowest BCUT2D eigenvalue weighted by molar-refractivity contribution is 0.249. The Morgan fingerprint density at radius 3 is 1.92 bits per heavy atom. The molecule has 0 aliphatic carbocycles. The number of amides is 1. The van der Waals surface area contributed by atoms with E-state index in [1.165, 1.54) is 4.90 Å². The first-order valence-corrected chi connectivity index (χ1v) is 4.45. The van der Waals surface area contributed by atoms with Crippen LogP contribution in [0.1, 0.15) is 26.7 Å². The molecule has 0 aromatic rings. The van der Waals surface area contributed by atoms with E-state index in [2.05, 4.69) is 12.6 Å². The predicted molar refractivity (Wildman–Crippen MR) is 53.7 cm³/mol. The molecule has 12 heavy (non-hydrogen) atoms. The first-order chi connectivity index (χ1) is 5.72. The highest BCUT2D eigenvalue weighted by Gasteiger charge is 2.00. The highest BCUT2D eigenvalue weighted by molar-refractivity contribution is 7.96. The summed E-state index contributed by atoms with van der Waals surface area (Å²) >= 11 is 4.51. The summed E-state index contributed by atoms with van der Waals surface area (Å²) < 4.78 is 0. The zero-order valence-electron chi connectivity index (χ0n) is 7.49. The van der Waals surface area contributed by atoms with Gasteiger partial charge in [0.1, 0.15) is 0 Å². The Morgan fingerprint density at radius 2 is 1.67 bits per heavy atom. The zero-order valence-corrected chi connectivity index (χ0v) is 8.30. The number of carbonyl (C=O) groups excluding carboxylic acids is 1. The van der Waals surface area contributed by atoms with Crippen LogP contribution in [0.4, 0.5) is 4.79 Å². The SMILES string of the molecule is CCC=CN(C=CCC)C(=O)[S]. The minimum Gasteiger partial charge on any atom is -0.282 e. The molecule has 0 unspecified atom stereocenters. The average molecular weight is 184 g/mol. The van der Waals surface area contributed by atoms with Crippen LogP contribution in [0.5, 0.6) is 0 Å². The van der Waals surface area contributed by atoms with Crippen LogP contribution in [-0.4, -0.2) is 10.1 Å². The van der Waals surface area contributed by atoms with E-state index in [1.807, 2.05) is 26.0 Å². The number of hydrogen-bond acceptors (Lipinski definition) is 1. The molecule has 1 amide bonds. The third-order valence-electron chi connectivity index (χ3n) is 1.21. The van der Waals surface area contributed by atoms with Crippen LogP contribution in [0.15, 0.2) is 24.6 Å². The van der Waals surface area contributed by atoms with Gasteiger partial charge in [-0.15, -0.1) is 0 Å². The highest BCUT2D eigenvalue weighted by Crippen LogP contribution is 2.00. The topological polar surface area (TPSA) is 20.3 Å². The van der Waals surface area contributed by atoms with Crippen molar-refractivity contribution in [1.29, 1.82) is 0 Å². The van der Waals surface area contributed by atoms with Gasteiger partial charge in [-0.1, -0.05) is 26.0 Å². The maximum atomic E-state index is 10.8. The molecule has 0 bridgehead atoms. The van der Waals surface area contributed by atoms with E-state index < -0.39 is 0 Å². The van der Waals surface area contributed by atoms with Crippen molar-refractivity contribution in [2.45, 2.75) is 26.7 Å². The molecule has 1 radical (unpaired) electrons. The molecule has 0 saturated carbocycles. The van der Waals surface area contributed by atoms with E-state index in [4.69, 9.17) is 0 Å². The first kappa shape index (κ1) is 11.2. The molecule has 0 aliphatic rings. The van der Waals surface area contributed by atoms with Crippen LogP contribution in [-0.2, 0) is 0 Å². The summed E-state index contributed by atoms with van der Waals surface area (Å²) in [6, 6.07) is 0. The lowest BCUT2D eigenvalue weighted by atomic mass is 10.4. The van der Waals surface area contributed by atoms with E-state index in [0.717, 1.165) is 12.8 Å². The average Bonchev–Trinajstić information content (AvgIpc) is 2.04. The summed E-state index contributed by atoms with van der Waals surface area (Å²) in [6.45, 7) is 4.01. The maximum Gasteiger partial charge on any atom is 0.321 e. The van der Waals surface area contributed by atoms with Crippen LogP contribution in [0.2, 0.25) is 0 Å². The van der Waals surface area contributed by atoms with E-state index in [1.54, 1.807) is 12.4 Å². The molecule has 0 fully saturated rings. The van der Waals surface area contributed by atoms with Crippen LogP contribution in [0.3, 0.4) is 0 Å². The van der Waals surface area contributed by atoms with Crippen LogP contribution in [0, 0.1) is 0 Å². The van der Waals surface area contributed by atoms with Gasteiger partial charge < -0.3 is 0 Å². The van der Waals surface area contributed by atoms with Gasteiger partial charge in [0.15, 0.2) is 0 Å². The fourth-order valence-corrected chi connectivity index (χ4v) is 0.731. The van der Waals surface area contributed by atoms with E-state index in [-0.39, 0.29) is 5.24 Å². The lowest BCUT2D eigenvalue weighted by Crippen LogP contribution is -2.11. The Morgan fingerprint density at radius 1 is 1.25 bits per heavy atom. The van der Waals surface area contributed by atoms with Gasteiger partial charge in [0, 0.05) is 12.4 Å². The molecular formula is C9H14NOS. The van der Waals surface area contributed by atoms with Crippen molar-refractivity contribution in [3.05, 3.63) is 24.6 Å². The predicted octanol–water partition coefficient (Wildman–Crippen LogP) is 3.45. The third kappa shape index (κ3) is 4.91. The molecule has 0 aliphatic heterocycles. The van der Waals surface area contributed by atoms with E-state index in [0.29, 0.717) is 0 Å². The fourth-order valence-electron chi connectivity index (χ4n) is 0.609. The van der Waals surface area contributed by atoms with Gasteiger partial charge >= 0.3 is 5.24 Å². The zero-order chi connectivity index (χ0) is 9.40. The Bertz CT molecular complexity index is 173. The molecule has 0 aromatic carbocycles.